The third-order valence-electron chi connectivity index (χ3n) is 5.50. The molecule has 39 heavy (non-hydrogen) atoms. The van der Waals surface area contributed by atoms with Crippen molar-refractivity contribution in [2.75, 3.05) is 12.0 Å². The zero-order valence-corrected chi connectivity index (χ0v) is 23.5. The van der Waals surface area contributed by atoms with E-state index in [0.29, 0.717) is 40.0 Å². The first-order chi connectivity index (χ1) is 18.5. The van der Waals surface area contributed by atoms with Gasteiger partial charge in [0.2, 0.25) is 5.91 Å². The smallest absolute Gasteiger partial charge is 0.426 e. The number of rotatable bonds is 8. The van der Waals surface area contributed by atoms with Gasteiger partial charge in [-0.2, -0.15) is 0 Å². The zero-order chi connectivity index (χ0) is 28.2. The number of hydrazine groups is 1. The molecule has 1 aromatic carbocycles. The lowest BCUT2D eigenvalue weighted by Gasteiger charge is -2.19. The highest BCUT2D eigenvalue weighted by atomic mass is 35.5. The van der Waals surface area contributed by atoms with Crippen molar-refractivity contribution < 1.29 is 23.9 Å². The van der Waals surface area contributed by atoms with E-state index in [0.717, 1.165) is 16.0 Å². The van der Waals surface area contributed by atoms with E-state index in [4.69, 9.17) is 21.1 Å². The Bertz CT molecular complexity index is 1410. The predicted octanol–water partition coefficient (Wildman–Crippen LogP) is 5.65. The van der Waals surface area contributed by atoms with Gasteiger partial charge in [-0.15, -0.1) is 11.3 Å². The fourth-order valence-electron chi connectivity index (χ4n) is 3.77. The quantitative estimate of drug-likeness (QED) is 0.182. The third-order valence-corrected chi connectivity index (χ3v) is 7.02. The lowest BCUT2D eigenvalue weighted by atomic mass is 10.1. The summed E-state index contributed by atoms with van der Waals surface area (Å²) < 4.78 is 11.1. The standard InChI is InChI=1S/C28H29ClN4O5S/c1-16(34)22-7-8-23(39-22)18-11-19-12-20(37-26(19)21(29)13-18)15-31-25(35)10-6-17-5-9-24(30-14-17)32-33-27(36)38-28(2,3)4/h5-11,13-14,20H,12,15H2,1-4H3,(H,30,32)(H,31,35)(H,33,36). The van der Waals surface area contributed by atoms with Crippen molar-refractivity contribution in [1.82, 2.24) is 15.7 Å². The number of thiophene rings is 1. The highest BCUT2D eigenvalue weighted by molar-refractivity contribution is 7.17. The van der Waals surface area contributed by atoms with Gasteiger partial charge in [0.25, 0.3) is 0 Å². The van der Waals surface area contributed by atoms with Crippen LogP contribution in [-0.2, 0) is 16.0 Å². The molecule has 0 aliphatic carbocycles. The number of Topliss-reactive ketones (excluding diaryl/α,β-unsaturated/α-hetero) is 1. The number of ether oxygens (including phenoxy) is 2. The number of hydrogen-bond acceptors (Lipinski definition) is 8. The number of nitrogens with one attached hydrogen (secondary N) is 3. The van der Waals surface area contributed by atoms with Crippen LogP contribution >= 0.6 is 22.9 Å². The first-order valence-corrected chi connectivity index (χ1v) is 13.4. The first kappa shape index (κ1) is 28.1. The number of carbonyl (C=O) groups is 3. The number of halogens is 1. The van der Waals surface area contributed by atoms with Gasteiger partial charge in [-0.05, 0) is 81.3 Å². The number of aromatic nitrogens is 1. The van der Waals surface area contributed by atoms with Gasteiger partial charge in [0.15, 0.2) is 5.78 Å². The van der Waals surface area contributed by atoms with Crippen LogP contribution in [0.3, 0.4) is 0 Å². The fourth-order valence-corrected chi connectivity index (χ4v) is 4.94. The third kappa shape index (κ3) is 7.81. The molecule has 3 heterocycles. The van der Waals surface area contributed by atoms with E-state index in [9.17, 15) is 14.4 Å². The Labute approximate surface area is 235 Å². The number of amides is 2. The maximum Gasteiger partial charge on any atom is 0.426 e. The highest BCUT2D eigenvalue weighted by Gasteiger charge is 2.26. The van der Waals surface area contributed by atoms with Crippen LogP contribution in [0.5, 0.6) is 5.75 Å². The van der Waals surface area contributed by atoms with Crippen molar-refractivity contribution in [3.8, 4) is 16.2 Å². The molecule has 0 saturated heterocycles. The number of anilines is 1. The SMILES string of the molecule is CC(=O)c1ccc(-c2cc(Cl)c3c(c2)CC(CNC(=O)C=Cc2ccc(NNC(=O)OC(C)(C)C)nc2)O3)s1. The Morgan fingerprint density at radius 1 is 1.21 bits per heavy atom. The van der Waals surface area contributed by atoms with Gasteiger partial charge in [-0.25, -0.2) is 15.2 Å². The minimum Gasteiger partial charge on any atom is -0.486 e. The Kier molecular flexibility index (Phi) is 8.57. The summed E-state index contributed by atoms with van der Waals surface area (Å²) in [4.78, 5) is 41.6. The number of carbonyl (C=O) groups excluding carboxylic acids is 3. The van der Waals surface area contributed by atoms with Gasteiger partial charge >= 0.3 is 6.09 Å². The average Bonchev–Trinajstić information content (AvgIpc) is 3.52. The molecule has 1 aliphatic rings. The molecule has 3 N–H and O–H groups in total. The van der Waals surface area contributed by atoms with Crippen molar-refractivity contribution >= 4 is 52.6 Å². The molecule has 0 bridgehead atoms. The molecule has 204 valence electrons. The molecule has 0 fully saturated rings. The number of hydrogen-bond donors (Lipinski definition) is 3. The van der Waals surface area contributed by atoms with Crippen LogP contribution in [0.4, 0.5) is 10.6 Å². The first-order valence-electron chi connectivity index (χ1n) is 12.2. The number of nitrogens with zero attached hydrogens (tertiary/aromatic N) is 1. The average molecular weight is 569 g/mol. The van der Waals surface area contributed by atoms with Gasteiger partial charge in [-0.1, -0.05) is 11.6 Å². The van der Waals surface area contributed by atoms with Gasteiger partial charge in [0.05, 0.1) is 16.4 Å². The van der Waals surface area contributed by atoms with E-state index in [2.05, 4.69) is 21.2 Å². The minimum absolute atomic E-state index is 0.0320. The summed E-state index contributed by atoms with van der Waals surface area (Å²) in [6.07, 6.45) is 4.36. The molecule has 9 nitrogen and oxygen atoms in total. The molecular weight excluding hydrogens is 540 g/mol. The van der Waals surface area contributed by atoms with E-state index in [1.165, 1.54) is 17.4 Å². The zero-order valence-electron chi connectivity index (χ0n) is 22.0. The summed E-state index contributed by atoms with van der Waals surface area (Å²) in [5, 5.41) is 3.35. The Morgan fingerprint density at radius 3 is 2.67 bits per heavy atom. The molecule has 2 aromatic heterocycles. The molecular formula is C28H29ClN4O5S. The fraction of sp³-hybridized carbons (Fsp3) is 0.286. The van der Waals surface area contributed by atoms with Crippen molar-refractivity contribution in [3.05, 3.63) is 69.7 Å². The normalized spacial score (nSPS) is 14.4. The minimum atomic E-state index is -0.618. The predicted molar refractivity (Wildman–Crippen MR) is 152 cm³/mol. The van der Waals surface area contributed by atoms with E-state index >= 15 is 0 Å². The van der Waals surface area contributed by atoms with Crippen molar-refractivity contribution in [3.63, 3.8) is 0 Å². The van der Waals surface area contributed by atoms with Crippen LogP contribution < -0.4 is 20.9 Å². The Balaban J connectivity index is 1.26. The van der Waals surface area contributed by atoms with Crippen molar-refractivity contribution in [2.24, 2.45) is 0 Å². The maximum absolute atomic E-state index is 12.4. The maximum atomic E-state index is 12.4. The Hall–Kier alpha value is -3.89. The number of benzene rings is 1. The van der Waals surface area contributed by atoms with Crippen LogP contribution in [0.2, 0.25) is 5.02 Å². The molecule has 1 unspecified atom stereocenters. The van der Waals surface area contributed by atoms with E-state index in [1.807, 2.05) is 24.3 Å². The highest BCUT2D eigenvalue weighted by Crippen LogP contribution is 2.41. The van der Waals surface area contributed by atoms with Gasteiger partial charge in [0.1, 0.15) is 23.3 Å². The van der Waals surface area contributed by atoms with Crippen molar-refractivity contribution in [1.29, 1.82) is 0 Å². The molecule has 2 amide bonds. The molecule has 1 atom stereocenters. The molecule has 0 saturated carbocycles. The van der Waals surface area contributed by atoms with Crippen molar-refractivity contribution in [2.45, 2.75) is 45.8 Å². The largest absolute Gasteiger partial charge is 0.486 e. The number of fused-ring (bicyclic) bond motifs is 1. The molecule has 11 heteroatoms. The van der Waals surface area contributed by atoms with E-state index in [1.54, 1.807) is 52.1 Å². The molecule has 4 rings (SSSR count). The molecule has 0 radical (unpaired) electrons. The van der Waals surface area contributed by atoms with Gasteiger partial charge in [0, 0.05) is 29.1 Å². The van der Waals surface area contributed by atoms with E-state index in [-0.39, 0.29) is 17.8 Å². The molecule has 0 spiro atoms. The summed E-state index contributed by atoms with van der Waals surface area (Å²) >= 11 is 7.92. The molecule has 3 aromatic rings. The van der Waals surface area contributed by atoms with Crippen LogP contribution in [0.1, 0.15) is 48.5 Å². The second kappa shape index (κ2) is 11.9. The number of ketones is 1. The van der Waals surface area contributed by atoms with Crippen LogP contribution in [0.15, 0.2) is 48.7 Å². The number of pyridine rings is 1. The second-order valence-corrected chi connectivity index (χ2v) is 11.4. The molecule has 1 aliphatic heterocycles. The van der Waals surface area contributed by atoms with Crippen LogP contribution in [0.25, 0.3) is 16.5 Å². The van der Waals surface area contributed by atoms with Gasteiger partial charge in [-0.3, -0.25) is 15.0 Å². The second-order valence-electron chi connectivity index (χ2n) is 9.92. The topological polar surface area (TPSA) is 119 Å². The monoisotopic (exact) mass is 568 g/mol. The Morgan fingerprint density at radius 2 is 2.00 bits per heavy atom. The van der Waals surface area contributed by atoms with Crippen LogP contribution in [-0.4, -0.2) is 41.0 Å². The summed E-state index contributed by atoms with van der Waals surface area (Å²) in [5.74, 6) is 0.801. The lowest BCUT2D eigenvalue weighted by Crippen LogP contribution is -2.36. The summed E-state index contributed by atoms with van der Waals surface area (Å²) in [6, 6.07) is 11.0. The van der Waals surface area contributed by atoms with E-state index < -0.39 is 11.7 Å². The van der Waals surface area contributed by atoms with Crippen LogP contribution in [0, 0.1) is 0 Å². The lowest BCUT2D eigenvalue weighted by molar-refractivity contribution is -0.116. The summed E-state index contributed by atoms with van der Waals surface area (Å²) in [5.41, 5.74) is 7.07. The summed E-state index contributed by atoms with van der Waals surface area (Å²) in [7, 11) is 0. The van der Waals surface area contributed by atoms with Gasteiger partial charge < -0.3 is 14.8 Å². The summed E-state index contributed by atoms with van der Waals surface area (Å²) in [6.45, 7) is 7.17.